The van der Waals surface area contributed by atoms with E-state index < -0.39 is 0 Å². The summed E-state index contributed by atoms with van der Waals surface area (Å²) in [5.74, 6) is -0.179. The molecule has 0 aliphatic heterocycles. The zero-order valence-electron chi connectivity index (χ0n) is 7.09. The lowest BCUT2D eigenvalue weighted by molar-refractivity contribution is -0.142. The highest BCUT2D eigenvalue weighted by Crippen LogP contribution is 1.88. The molecule has 11 heavy (non-hydrogen) atoms. The Hall–Kier alpha value is -1.01. The summed E-state index contributed by atoms with van der Waals surface area (Å²) in [4.78, 5) is 10.8. The first-order valence-corrected chi connectivity index (χ1v) is 3.82. The third kappa shape index (κ3) is 6.88. The van der Waals surface area contributed by atoms with Crippen LogP contribution in [0, 0.1) is 0 Å². The second-order valence-corrected chi connectivity index (χ2v) is 2.08. The van der Waals surface area contributed by atoms with Gasteiger partial charge in [0, 0.05) is 0 Å². The molecule has 0 saturated carbocycles. The van der Waals surface area contributed by atoms with Gasteiger partial charge in [0.15, 0.2) is 0 Å². The molecule has 0 aromatic heterocycles. The van der Waals surface area contributed by atoms with Gasteiger partial charge in [-0.15, -0.1) is 5.73 Å². The van der Waals surface area contributed by atoms with E-state index >= 15 is 0 Å². The summed E-state index contributed by atoms with van der Waals surface area (Å²) in [6.45, 7) is 4.34. The fraction of sp³-hybridized carbons (Fsp3) is 0.556. The van der Waals surface area contributed by atoms with Crippen LogP contribution in [0.25, 0.3) is 0 Å². The van der Waals surface area contributed by atoms with E-state index in [0.717, 1.165) is 6.42 Å². The number of ether oxygens (including phenoxy) is 1. The van der Waals surface area contributed by atoms with Gasteiger partial charge in [0.05, 0.1) is 13.0 Å². The summed E-state index contributed by atoms with van der Waals surface area (Å²) in [5, 5.41) is 0. The van der Waals surface area contributed by atoms with Crippen molar-refractivity contribution < 1.29 is 9.53 Å². The van der Waals surface area contributed by atoms with Crippen molar-refractivity contribution in [3.05, 3.63) is 17.9 Å². The molecule has 0 aromatic carbocycles. The van der Waals surface area contributed by atoms with Crippen molar-refractivity contribution in [1.82, 2.24) is 0 Å². The van der Waals surface area contributed by atoms with E-state index in [1.807, 2.05) is 13.8 Å². The minimum Gasteiger partial charge on any atom is -0.465 e. The van der Waals surface area contributed by atoms with Crippen molar-refractivity contribution in [1.29, 1.82) is 0 Å². The van der Waals surface area contributed by atoms with E-state index in [1.54, 1.807) is 12.2 Å². The van der Waals surface area contributed by atoms with Gasteiger partial charge in [-0.2, -0.15) is 0 Å². The van der Waals surface area contributed by atoms with Crippen LogP contribution in [0.4, 0.5) is 0 Å². The topological polar surface area (TPSA) is 26.3 Å². The molecule has 0 aliphatic carbocycles. The lowest BCUT2D eigenvalue weighted by Crippen LogP contribution is -2.02. The SMILES string of the molecule is CC=C=CCC(=O)OCCC. The zero-order chi connectivity index (χ0) is 8.53. The number of hydrogen-bond acceptors (Lipinski definition) is 2. The monoisotopic (exact) mass is 154 g/mol. The average Bonchev–Trinajstić information content (AvgIpc) is 2.01. The normalized spacial score (nSPS) is 8.18. The minimum atomic E-state index is -0.179. The maximum atomic E-state index is 10.8. The Kier molecular flexibility index (Phi) is 6.45. The summed E-state index contributed by atoms with van der Waals surface area (Å²) in [7, 11) is 0. The molecule has 0 radical (unpaired) electrons. The largest absolute Gasteiger partial charge is 0.465 e. The van der Waals surface area contributed by atoms with Crippen LogP contribution in [0.1, 0.15) is 26.7 Å². The zero-order valence-corrected chi connectivity index (χ0v) is 7.09. The molecule has 0 unspecified atom stereocenters. The van der Waals surface area contributed by atoms with Crippen LogP contribution in [-0.2, 0) is 9.53 Å². The van der Waals surface area contributed by atoms with Gasteiger partial charge in [-0.25, -0.2) is 0 Å². The summed E-state index contributed by atoms with van der Waals surface area (Å²) >= 11 is 0. The lowest BCUT2D eigenvalue weighted by Gasteiger charge is -1.97. The first kappa shape index (κ1) is 9.99. The van der Waals surface area contributed by atoms with Crippen LogP contribution in [-0.4, -0.2) is 12.6 Å². The second-order valence-electron chi connectivity index (χ2n) is 2.08. The molecule has 0 heterocycles. The fourth-order valence-electron chi connectivity index (χ4n) is 0.535. The Bertz CT molecular complexity index is 164. The number of carbonyl (C=O) groups excluding carboxylic acids is 1. The predicted octanol–water partition coefficient (Wildman–Crippen LogP) is 2.06. The van der Waals surface area contributed by atoms with Crippen LogP contribution in [0.5, 0.6) is 0 Å². The summed E-state index contributed by atoms with van der Waals surface area (Å²) in [6, 6.07) is 0. The summed E-state index contributed by atoms with van der Waals surface area (Å²) in [6.07, 6.45) is 4.62. The molecule has 0 saturated heterocycles. The van der Waals surface area contributed by atoms with Gasteiger partial charge in [0.2, 0.25) is 0 Å². The molecule has 0 bridgehead atoms. The van der Waals surface area contributed by atoms with E-state index in [9.17, 15) is 4.79 Å². The Morgan fingerprint density at radius 1 is 1.64 bits per heavy atom. The molecule has 2 heteroatoms. The van der Waals surface area contributed by atoms with Crippen LogP contribution in [0.3, 0.4) is 0 Å². The molecule has 0 aliphatic rings. The Morgan fingerprint density at radius 3 is 2.91 bits per heavy atom. The first-order valence-electron chi connectivity index (χ1n) is 3.82. The van der Waals surface area contributed by atoms with Crippen molar-refractivity contribution in [3.63, 3.8) is 0 Å². The third-order valence-corrected chi connectivity index (χ3v) is 1.02. The van der Waals surface area contributed by atoms with Crippen molar-refractivity contribution in [2.75, 3.05) is 6.61 Å². The fourth-order valence-corrected chi connectivity index (χ4v) is 0.535. The van der Waals surface area contributed by atoms with Crippen LogP contribution in [0.2, 0.25) is 0 Å². The summed E-state index contributed by atoms with van der Waals surface area (Å²) in [5.41, 5.74) is 2.80. The minimum absolute atomic E-state index is 0.179. The molecule has 0 fully saturated rings. The Labute approximate surface area is 67.6 Å². The Morgan fingerprint density at radius 2 is 2.36 bits per heavy atom. The molecule has 0 N–H and O–H groups in total. The predicted molar refractivity (Wildman–Crippen MR) is 44.2 cm³/mol. The second kappa shape index (κ2) is 7.10. The van der Waals surface area contributed by atoms with Gasteiger partial charge in [-0.05, 0) is 25.5 Å². The number of hydrogen-bond donors (Lipinski definition) is 0. The highest BCUT2D eigenvalue weighted by atomic mass is 16.5. The highest BCUT2D eigenvalue weighted by Gasteiger charge is 1.95. The van der Waals surface area contributed by atoms with Gasteiger partial charge in [-0.3, -0.25) is 4.79 Å². The quantitative estimate of drug-likeness (QED) is 0.457. The van der Waals surface area contributed by atoms with E-state index in [0.29, 0.717) is 13.0 Å². The number of rotatable bonds is 4. The third-order valence-electron chi connectivity index (χ3n) is 1.02. The molecule has 0 aromatic rings. The highest BCUT2D eigenvalue weighted by molar-refractivity contribution is 5.70. The molecular formula is C9H14O2. The molecule has 2 nitrogen and oxygen atoms in total. The lowest BCUT2D eigenvalue weighted by atomic mass is 10.4. The average molecular weight is 154 g/mol. The van der Waals surface area contributed by atoms with Gasteiger partial charge in [0.1, 0.15) is 0 Å². The smallest absolute Gasteiger partial charge is 0.310 e. The maximum absolute atomic E-state index is 10.8. The van der Waals surface area contributed by atoms with E-state index in [1.165, 1.54) is 0 Å². The van der Waals surface area contributed by atoms with Crippen molar-refractivity contribution >= 4 is 5.97 Å². The van der Waals surface area contributed by atoms with E-state index in [4.69, 9.17) is 4.74 Å². The van der Waals surface area contributed by atoms with Gasteiger partial charge in [0.25, 0.3) is 0 Å². The van der Waals surface area contributed by atoms with E-state index in [-0.39, 0.29) is 5.97 Å². The van der Waals surface area contributed by atoms with Gasteiger partial charge < -0.3 is 4.74 Å². The Balaban J connectivity index is 3.45. The van der Waals surface area contributed by atoms with Crippen molar-refractivity contribution in [2.24, 2.45) is 0 Å². The molecule has 0 spiro atoms. The van der Waals surface area contributed by atoms with Crippen molar-refractivity contribution in [2.45, 2.75) is 26.7 Å². The van der Waals surface area contributed by atoms with Crippen molar-refractivity contribution in [3.8, 4) is 0 Å². The van der Waals surface area contributed by atoms with Crippen LogP contribution < -0.4 is 0 Å². The molecule has 0 rings (SSSR count). The van der Waals surface area contributed by atoms with Crippen LogP contribution >= 0.6 is 0 Å². The molecule has 0 amide bonds. The van der Waals surface area contributed by atoms with Crippen LogP contribution in [0.15, 0.2) is 17.9 Å². The maximum Gasteiger partial charge on any atom is 0.310 e. The molecule has 62 valence electrons. The standard InChI is InChI=1S/C9H14O2/c1-3-5-6-7-9(10)11-8-4-2/h3,6H,4,7-8H2,1-2H3. The molecular weight excluding hydrogens is 140 g/mol. The number of esters is 1. The van der Waals surface area contributed by atoms with Gasteiger partial charge >= 0.3 is 5.97 Å². The first-order chi connectivity index (χ1) is 5.31. The molecule has 0 atom stereocenters. The van der Waals surface area contributed by atoms with E-state index in [2.05, 4.69) is 5.73 Å². The number of carbonyl (C=O) groups is 1. The summed E-state index contributed by atoms with van der Waals surface area (Å²) < 4.78 is 4.81. The van der Waals surface area contributed by atoms with Gasteiger partial charge in [-0.1, -0.05) is 6.92 Å².